The average molecular weight is 469 g/mol. The number of carbonyl (C=O) groups is 2. The van der Waals surface area contributed by atoms with Gasteiger partial charge in [0.15, 0.2) is 5.11 Å². The Morgan fingerprint density at radius 1 is 1.00 bits per heavy atom. The molecule has 2 heterocycles. The third-order valence-electron chi connectivity index (χ3n) is 5.94. The van der Waals surface area contributed by atoms with E-state index in [0.29, 0.717) is 17.2 Å². The number of nitrogens with zero attached hydrogens (tertiary/aromatic N) is 3. The van der Waals surface area contributed by atoms with Crippen LogP contribution < -0.4 is 10.2 Å². The van der Waals surface area contributed by atoms with Crippen LogP contribution in [0.25, 0.3) is 11.8 Å². The van der Waals surface area contributed by atoms with Crippen molar-refractivity contribution in [2.45, 2.75) is 33.6 Å². The van der Waals surface area contributed by atoms with Gasteiger partial charge in [-0.05, 0) is 91.7 Å². The molecule has 0 atom stereocenters. The molecule has 0 radical (unpaired) electrons. The number of nitrogens with one attached hydrogen (secondary N) is 1. The highest BCUT2D eigenvalue weighted by atomic mass is 32.1. The van der Waals surface area contributed by atoms with Crippen LogP contribution in [0.3, 0.4) is 0 Å². The van der Waals surface area contributed by atoms with Gasteiger partial charge in [0.1, 0.15) is 5.57 Å². The van der Waals surface area contributed by atoms with Crippen LogP contribution in [0.15, 0.2) is 60.2 Å². The number of hydrogen-bond acceptors (Lipinski definition) is 4. The molecule has 0 unspecified atom stereocenters. The topological polar surface area (TPSA) is 78.1 Å². The second-order valence-corrected chi connectivity index (χ2v) is 8.91. The quantitative estimate of drug-likeness (QED) is 0.335. The summed E-state index contributed by atoms with van der Waals surface area (Å²) in [5.74, 6) is -0.623. The maximum Gasteiger partial charge on any atom is 0.270 e. The lowest BCUT2D eigenvalue weighted by atomic mass is 10.0. The molecule has 6 nitrogen and oxygen atoms in total. The van der Waals surface area contributed by atoms with Gasteiger partial charge >= 0.3 is 0 Å². The van der Waals surface area contributed by atoms with Crippen LogP contribution in [0.4, 0.5) is 5.69 Å². The highest BCUT2D eigenvalue weighted by Crippen LogP contribution is 2.27. The molecule has 1 aliphatic heterocycles. The predicted octanol–water partition coefficient (Wildman–Crippen LogP) is 4.92. The zero-order valence-corrected chi connectivity index (χ0v) is 20.2. The van der Waals surface area contributed by atoms with Crippen molar-refractivity contribution in [1.82, 2.24) is 9.88 Å². The zero-order valence-electron chi connectivity index (χ0n) is 19.4. The third-order valence-corrected chi connectivity index (χ3v) is 6.23. The minimum absolute atomic E-state index is 0.0154. The van der Waals surface area contributed by atoms with Crippen molar-refractivity contribution < 1.29 is 9.59 Å². The van der Waals surface area contributed by atoms with E-state index in [4.69, 9.17) is 17.5 Å². The van der Waals surface area contributed by atoms with Crippen LogP contribution in [-0.4, -0.2) is 21.5 Å². The molecule has 0 saturated carbocycles. The Kier molecular flexibility index (Phi) is 6.18. The van der Waals surface area contributed by atoms with Gasteiger partial charge in [-0.3, -0.25) is 19.8 Å². The van der Waals surface area contributed by atoms with Crippen LogP contribution >= 0.6 is 12.2 Å². The number of anilines is 1. The number of carbonyl (C=O) groups excluding carboxylic acids is 2. The summed E-state index contributed by atoms with van der Waals surface area (Å²) in [5.41, 5.74) is 5.81. The molecule has 0 spiro atoms. The summed E-state index contributed by atoms with van der Waals surface area (Å²) in [4.78, 5) is 27.5. The molecular weight excluding hydrogens is 444 g/mol. The minimum atomic E-state index is -0.520. The molecule has 170 valence electrons. The number of thiocarbonyl (C=S) groups is 1. The van der Waals surface area contributed by atoms with E-state index < -0.39 is 11.8 Å². The number of aromatic nitrogens is 1. The molecular formula is C27H24N4O2S. The molecule has 1 saturated heterocycles. The molecule has 1 aliphatic rings. The Bertz CT molecular complexity index is 1370. The summed E-state index contributed by atoms with van der Waals surface area (Å²) < 4.78 is 2.02. The summed E-state index contributed by atoms with van der Waals surface area (Å²) in [7, 11) is 0. The van der Waals surface area contributed by atoms with E-state index in [1.807, 2.05) is 60.9 Å². The molecule has 2 amide bonds. The Morgan fingerprint density at radius 2 is 1.62 bits per heavy atom. The number of hydrogen-bond donors (Lipinski definition) is 1. The van der Waals surface area contributed by atoms with Crippen LogP contribution in [0, 0.1) is 25.2 Å². The van der Waals surface area contributed by atoms with Crippen LogP contribution in [0.2, 0.25) is 0 Å². The molecule has 34 heavy (non-hydrogen) atoms. The van der Waals surface area contributed by atoms with Crippen LogP contribution in [0.1, 0.15) is 47.8 Å². The first-order chi connectivity index (χ1) is 16.2. The van der Waals surface area contributed by atoms with Crippen molar-refractivity contribution in [3.8, 4) is 11.8 Å². The van der Waals surface area contributed by atoms with Gasteiger partial charge in [0, 0.05) is 17.1 Å². The standard InChI is InChI=1S/C27H24N4O2S/c1-16(2)20-7-11-23(12-8-20)31-26(33)24(25(32)29-27(31)34)14-21-13-17(3)30(18(21)4)22-9-5-19(15-28)6-10-22/h5-14,16H,1-4H3,(H,29,32,34)/b24-14+. The van der Waals surface area contributed by atoms with E-state index in [-0.39, 0.29) is 10.7 Å². The SMILES string of the molecule is Cc1cc(/C=C2\C(=O)NC(=S)N(c3ccc(C(C)C)cc3)C2=O)c(C)n1-c1ccc(C#N)cc1. The third kappa shape index (κ3) is 4.16. The van der Waals surface area contributed by atoms with Gasteiger partial charge in [0.25, 0.3) is 11.8 Å². The summed E-state index contributed by atoms with van der Waals surface area (Å²) >= 11 is 5.32. The monoisotopic (exact) mass is 468 g/mol. The summed E-state index contributed by atoms with van der Waals surface area (Å²) in [6.45, 7) is 8.08. The molecule has 3 aromatic rings. The number of rotatable bonds is 4. The first kappa shape index (κ1) is 23.1. The van der Waals surface area contributed by atoms with Gasteiger partial charge in [-0.25, -0.2) is 0 Å². The van der Waals surface area contributed by atoms with E-state index in [2.05, 4.69) is 25.2 Å². The molecule has 2 aromatic carbocycles. The molecule has 1 N–H and O–H groups in total. The Balaban J connectivity index is 1.72. The van der Waals surface area contributed by atoms with Gasteiger partial charge in [-0.1, -0.05) is 26.0 Å². The van der Waals surface area contributed by atoms with E-state index >= 15 is 0 Å². The fourth-order valence-corrected chi connectivity index (χ4v) is 4.35. The maximum atomic E-state index is 13.4. The first-order valence-corrected chi connectivity index (χ1v) is 11.3. The van der Waals surface area contributed by atoms with Gasteiger partial charge in [0.2, 0.25) is 0 Å². The molecule has 4 rings (SSSR count). The highest BCUT2D eigenvalue weighted by Gasteiger charge is 2.34. The Hall–Kier alpha value is -4.02. The van der Waals surface area contributed by atoms with E-state index in [1.165, 1.54) is 4.90 Å². The molecule has 0 bridgehead atoms. The number of nitriles is 1. The van der Waals surface area contributed by atoms with Crippen molar-refractivity contribution in [3.05, 3.63) is 88.2 Å². The van der Waals surface area contributed by atoms with Gasteiger partial charge in [-0.2, -0.15) is 5.26 Å². The lowest BCUT2D eigenvalue weighted by Crippen LogP contribution is -2.54. The average Bonchev–Trinajstić information content (AvgIpc) is 3.09. The lowest BCUT2D eigenvalue weighted by Gasteiger charge is -2.29. The second kappa shape index (κ2) is 9.08. The fourth-order valence-electron chi connectivity index (χ4n) is 4.07. The minimum Gasteiger partial charge on any atom is -0.318 e. The van der Waals surface area contributed by atoms with Crippen molar-refractivity contribution >= 4 is 40.9 Å². The summed E-state index contributed by atoms with van der Waals surface area (Å²) in [6, 6.07) is 18.9. The van der Waals surface area contributed by atoms with E-state index in [9.17, 15) is 9.59 Å². The smallest absolute Gasteiger partial charge is 0.270 e. The second-order valence-electron chi connectivity index (χ2n) is 8.52. The largest absolute Gasteiger partial charge is 0.318 e. The molecule has 1 fully saturated rings. The summed E-state index contributed by atoms with van der Waals surface area (Å²) in [6.07, 6.45) is 1.61. The van der Waals surface area contributed by atoms with Crippen LogP contribution in [0.5, 0.6) is 0 Å². The fraction of sp³-hybridized carbons (Fsp3) is 0.185. The number of amides is 2. The van der Waals surface area contributed by atoms with Crippen LogP contribution in [-0.2, 0) is 9.59 Å². The molecule has 7 heteroatoms. The Labute approximate surface area is 204 Å². The number of benzene rings is 2. The zero-order chi connectivity index (χ0) is 24.6. The van der Waals surface area contributed by atoms with E-state index in [1.54, 1.807) is 18.2 Å². The maximum absolute atomic E-state index is 13.4. The highest BCUT2D eigenvalue weighted by molar-refractivity contribution is 7.80. The molecule has 0 aliphatic carbocycles. The lowest BCUT2D eigenvalue weighted by molar-refractivity contribution is -0.122. The van der Waals surface area contributed by atoms with Gasteiger partial charge in [0.05, 0.1) is 17.3 Å². The number of aryl methyl sites for hydroxylation is 1. The molecule has 1 aromatic heterocycles. The van der Waals surface area contributed by atoms with Crippen molar-refractivity contribution in [3.63, 3.8) is 0 Å². The van der Waals surface area contributed by atoms with Crippen molar-refractivity contribution in [2.75, 3.05) is 4.90 Å². The first-order valence-electron chi connectivity index (χ1n) is 10.9. The van der Waals surface area contributed by atoms with Crippen molar-refractivity contribution in [2.24, 2.45) is 0 Å². The predicted molar refractivity (Wildman–Crippen MR) is 137 cm³/mol. The van der Waals surface area contributed by atoms with E-state index in [0.717, 1.165) is 28.2 Å². The summed E-state index contributed by atoms with van der Waals surface area (Å²) in [5, 5.41) is 11.8. The normalized spacial score (nSPS) is 15.1. The Morgan fingerprint density at radius 3 is 2.21 bits per heavy atom. The van der Waals surface area contributed by atoms with Gasteiger partial charge < -0.3 is 4.57 Å². The van der Waals surface area contributed by atoms with Gasteiger partial charge in [-0.15, -0.1) is 0 Å². The van der Waals surface area contributed by atoms with Crippen molar-refractivity contribution in [1.29, 1.82) is 5.26 Å².